The number of ether oxygens (including phenoxy) is 3. The number of alkyl halides is 3. The number of amides is 2. The Bertz CT molecular complexity index is 1130. The number of nitrogens with zero attached hydrogens (tertiary/aromatic N) is 1. The maximum absolute atomic E-state index is 13.6. The zero-order valence-corrected chi connectivity index (χ0v) is 18.9. The van der Waals surface area contributed by atoms with Gasteiger partial charge < -0.3 is 19.5 Å². The number of rotatable bonds is 4. The van der Waals surface area contributed by atoms with Gasteiger partial charge in [-0.3, -0.25) is 14.5 Å². The highest BCUT2D eigenvalue weighted by atomic mass is 19.4. The van der Waals surface area contributed by atoms with E-state index in [2.05, 4.69) is 5.32 Å². The molecule has 2 aromatic carbocycles. The molecule has 2 fully saturated rings. The SMILES string of the molecule is O=C(NCc1ccc2c(c1)OCO2)C1COC2(CCCCC2)N1C(=O)c1cccc(C(F)(F)F)c1. The molecule has 1 saturated carbocycles. The van der Waals surface area contributed by atoms with Gasteiger partial charge in [0, 0.05) is 12.1 Å². The van der Waals surface area contributed by atoms with E-state index < -0.39 is 35.3 Å². The topological polar surface area (TPSA) is 77.1 Å². The first kappa shape index (κ1) is 23.5. The van der Waals surface area contributed by atoms with Crippen molar-refractivity contribution in [3.8, 4) is 11.5 Å². The normalized spacial score (nSPS) is 20.8. The quantitative estimate of drug-likeness (QED) is 0.694. The van der Waals surface area contributed by atoms with Crippen molar-refractivity contribution in [2.75, 3.05) is 13.4 Å². The minimum atomic E-state index is -4.58. The van der Waals surface area contributed by atoms with Gasteiger partial charge in [-0.25, -0.2) is 0 Å². The van der Waals surface area contributed by atoms with Gasteiger partial charge in [-0.15, -0.1) is 0 Å². The number of nitrogens with one attached hydrogen (secondary N) is 1. The minimum Gasteiger partial charge on any atom is -0.454 e. The molecule has 1 spiro atoms. The first-order chi connectivity index (χ1) is 16.8. The van der Waals surface area contributed by atoms with Gasteiger partial charge in [0.15, 0.2) is 11.5 Å². The van der Waals surface area contributed by atoms with E-state index in [1.807, 2.05) is 0 Å². The molecule has 1 atom stereocenters. The molecular formula is C25H25F3N2O5. The summed E-state index contributed by atoms with van der Waals surface area (Å²) in [5.41, 5.74) is -1.25. The number of benzene rings is 2. The van der Waals surface area contributed by atoms with E-state index in [1.165, 1.54) is 17.0 Å². The molecular weight excluding hydrogens is 465 g/mol. The molecule has 0 bridgehead atoms. The second-order valence-electron chi connectivity index (χ2n) is 8.99. The summed E-state index contributed by atoms with van der Waals surface area (Å²) in [5.74, 6) is 0.147. The van der Waals surface area contributed by atoms with Crippen LogP contribution in [0.25, 0.3) is 0 Å². The Kier molecular flexibility index (Phi) is 6.08. The zero-order valence-electron chi connectivity index (χ0n) is 18.9. The van der Waals surface area contributed by atoms with E-state index in [-0.39, 0.29) is 25.5 Å². The van der Waals surface area contributed by atoms with E-state index in [0.29, 0.717) is 24.3 Å². The number of hydrogen-bond acceptors (Lipinski definition) is 5. The summed E-state index contributed by atoms with van der Waals surface area (Å²) in [6.45, 7) is 0.307. The van der Waals surface area contributed by atoms with Crippen molar-refractivity contribution in [3.63, 3.8) is 0 Å². The fraction of sp³-hybridized carbons (Fsp3) is 0.440. The summed E-state index contributed by atoms with van der Waals surface area (Å²) in [4.78, 5) is 28.2. The Labute approximate surface area is 200 Å². The van der Waals surface area contributed by atoms with E-state index in [4.69, 9.17) is 14.2 Å². The first-order valence-electron chi connectivity index (χ1n) is 11.6. The monoisotopic (exact) mass is 490 g/mol. The Hall–Kier alpha value is -3.27. The van der Waals surface area contributed by atoms with Crippen LogP contribution in [0.4, 0.5) is 13.2 Å². The van der Waals surface area contributed by atoms with E-state index in [9.17, 15) is 22.8 Å². The summed E-state index contributed by atoms with van der Waals surface area (Å²) in [6, 6.07) is 8.66. The molecule has 186 valence electrons. The van der Waals surface area contributed by atoms with Crippen LogP contribution in [0, 0.1) is 0 Å². The summed E-state index contributed by atoms with van der Waals surface area (Å²) >= 11 is 0. The van der Waals surface area contributed by atoms with Gasteiger partial charge in [-0.1, -0.05) is 18.6 Å². The molecule has 0 radical (unpaired) electrons. The third-order valence-electron chi connectivity index (χ3n) is 6.76. The second-order valence-corrected chi connectivity index (χ2v) is 8.99. The van der Waals surface area contributed by atoms with Gasteiger partial charge >= 0.3 is 6.18 Å². The summed E-state index contributed by atoms with van der Waals surface area (Å²) in [7, 11) is 0. The van der Waals surface area contributed by atoms with Crippen molar-refractivity contribution >= 4 is 11.8 Å². The predicted octanol–water partition coefficient (Wildman–Crippen LogP) is 4.25. The molecule has 5 rings (SSSR count). The van der Waals surface area contributed by atoms with Crippen molar-refractivity contribution in [2.45, 2.75) is 56.6 Å². The van der Waals surface area contributed by atoms with Gasteiger partial charge in [0.2, 0.25) is 12.7 Å². The summed E-state index contributed by atoms with van der Waals surface area (Å²) in [6.07, 6.45) is -0.942. The molecule has 1 aliphatic carbocycles. The number of carbonyl (C=O) groups is 2. The number of carbonyl (C=O) groups excluding carboxylic acids is 2. The molecule has 2 aliphatic heterocycles. The van der Waals surface area contributed by atoms with Crippen molar-refractivity contribution in [1.29, 1.82) is 0 Å². The molecule has 35 heavy (non-hydrogen) atoms. The van der Waals surface area contributed by atoms with Gasteiger partial charge in [-0.05, 0) is 61.6 Å². The Morgan fingerprint density at radius 3 is 2.57 bits per heavy atom. The third kappa shape index (κ3) is 4.54. The van der Waals surface area contributed by atoms with Crippen LogP contribution in [0.3, 0.4) is 0 Å². The molecule has 10 heteroatoms. The number of hydrogen-bond donors (Lipinski definition) is 1. The second kappa shape index (κ2) is 9.07. The Morgan fingerprint density at radius 1 is 1.03 bits per heavy atom. The average Bonchev–Trinajstić information content (AvgIpc) is 3.46. The fourth-order valence-corrected chi connectivity index (χ4v) is 5.00. The maximum Gasteiger partial charge on any atom is 0.416 e. The molecule has 1 saturated heterocycles. The lowest BCUT2D eigenvalue weighted by Gasteiger charge is -2.41. The van der Waals surface area contributed by atoms with Crippen molar-refractivity contribution < 1.29 is 37.0 Å². The standard InChI is InChI=1S/C25H25F3N2O5/c26-25(27,28)18-6-4-5-17(12-18)23(32)30-19(14-35-24(30)9-2-1-3-10-24)22(31)29-13-16-7-8-20-21(11-16)34-15-33-20/h4-8,11-12,19H,1-3,9-10,13-15H2,(H,29,31). The van der Waals surface area contributed by atoms with Gasteiger partial charge in [0.1, 0.15) is 11.8 Å². The van der Waals surface area contributed by atoms with Gasteiger partial charge in [-0.2, -0.15) is 13.2 Å². The molecule has 3 aliphatic rings. The van der Waals surface area contributed by atoms with Crippen LogP contribution in [0.15, 0.2) is 42.5 Å². The highest BCUT2D eigenvalue weighted by Crippen LogP contribution is 2.42. The summed E-state index contributed by atoms with van der Waals surface area (Å²) in [5, 5.41) is 2.84. The molecule has 7 nitrogen and oxygen atoms in total. The van der Waals surface area contributed by atoms with Crippen LogP contribution >= 0.6 is 0 Å². The van der Waals surface area contributed by atoms with Crippen LogP contribution in [0.1, 0.15) is 53.6 Å². The first-order valence-corrected chi connectivity index (χ1v) is 11.6. The van der Waals surface area contributed by atoms with E-state index in [1.54, 1.807) is 18.2 Å². The van der Waals surface area contributed by atoms with E-state index in [0.717, 1.165) is 37.0 Å². The van der Waals surface area contributed by atoms with E-state index >= 15 is 0 Å². The lowest BCUT2D eigenvalue weighted by atomic mass is 9.89. The van der Waals surface area contributed by atoms with Crippen LogP contribution in [-0.2, 0) is 22.3 Å². The van der Waals surface area contributed by atoms with Crippen LogP contribution in [0.2, 0.25) is 0 Å². The smallest absolute Gasteiger partial charge is 0.416 e. The highest BCUT2D eigenvalue weighted by molar-refractivity contribution is 5.98. The maximum atomic E-state index is 13.6. The molecule has 2 heterocycles. The van der Waals surface area contributed by atoms with Crippen LogP contribution in [-0.4, -0.2) is 41.9 Å². The number of halogens is 3. The van der Waals surface area contributed by atoms with Crippen LogP contribution in [0.5, 0.6) is 11.5 Å². The molecule has 0 aromatic heterocycles. The largest absolute Gasteiger partial charge is 0.454 e. The van der Waals surface area contributed by atoms with Crippen molar-refractivity contribution in [1.82, 2.24) is 10.2 Å². The minimum absolute atomic E-state index is 0.0162. The highest BCUT2D eigenvalue weighted by Gasteiger charge is 2.53. The average molecular weight is 490 g/mol. The Balaban J connectivity index is 1.38. The molecule has 1 N–H and O–H groups in total. The zero-order chi connectivity index (χ0) is 24.6. The van der Waals surface area contributed by atoms with Gasteiger partial charge in [0.05, 0.1) is 12.2 Å². The van der Waals surface area contributed by atoms with Gasteiger partial charge in [0.25, 0.3) is 5.91 Å². The fourth-order valence-electron chi connectivity index (χ4n) is 5.00. The molecule has 2 amide bonds. The molecule has 1 unspecified atom stereocenters. The third-order valence-corrected chi connectivity index (χ3v) is 6.76. The van der Waals surface area contributed by atoms with Crippen molar-refractivity contribution in [3.05, 3.63) is 59.2 Å². The number of fused-ring (bicyclic) bond motifs is 1. The predicted molar refractivity (Wildman–Crippen MR) is 118 cm³/mol. The Morgan fingerprint density at radius 2 is 1.80 bits per heavy atom. The lowest BCUT2D eigenvalue weighted by Crippen LogP contribution is -2.56. The van der Waals surface area contributed by atoms with Crippen LogP contribution < -0.4 is 14.8 Å². The lowest BCUT2D eigenvalue weighted by molar-refractivity contribution is -0.137. The summed E-state index contributed by atoms with van der Waals surface area (Å²) < 4.78 is 56.6. The van der Waals surface area contributed by atoms with Crippen molar-refractivity contribution in [2.24, 2.45) is 0 Å². The molecule has 2 aromatic rings.